The fourth-order valence-electron chi connectivity index (χ4n) is 0.821. The number of hydrogen-bond donors (Lipinski definition) is 1. The van der Waals surface area contributed by atoms with Crippen LogP contribution in [0.15, 0.2) is 0 Å². The van der Waals surface area contributed by atoms with Crippen LogP contribution >= 0.6 is 11.6 Å². The molecule has 0 saturated heterocycles. The molecule has 0 bridgehead atoms. The summed E-state index contributed by atoms with van der Waals surface area (Å²) in [6, 6.07) is 1.99. The smallest absolute Gasteiger partial charge is 0.224 e. The maximum atomic E-state index is 11.3. The molecule has 74 valence electrons. The fourth-order valence-corrected chi connectivity index (χ4v) is 0.961. The zero-order valence-corrected chi connectivity index (χ0v) is 8.77. The molecular weight excluding hydrogens is 188 g/mol. The second-order valence-corrected chi connectivity index (χ2v) is 3.34. The zero-order valence-electron chi connectivity index (χ0n) is 8.01. The minimum absolute atomic E-state index is 0.0387. The van der Waals surface area contributed by atoms with Gasteiger partial charge in [0.2, 0.25) is 5.91 Å². The van der Waals surface area contributed by atoms with Crippen LogP contribution < -0.4 is 5.32 Å². The van der Waals surface area contributed by atoms with E-state index in [-0.39, 0.29) is 17.9 Å². The first-order valence-electron chi connectivity index (χ1n) is 4.39. The molecule has 0 aromatic carbocycles. The van der Waals surface area contributed by atoms with Crippen LogP contribution in [0.2, 0.25) is 0 Å². The van der Waals surface area contributed by atoms with Crippen molar-refractivity contribution in [3.05, 3.63) is 0 Å². The van der Waals surface area contributed by atoms with Crippen molar-refractivity contribution in [3.63, 3.8) is 0 Å². The van der Waals surface area contributed by atoms with E-state index in [0.717, 1.165) is 6.42 Å². The van der Waals surface area contributed by atoms with Gasteiger partial charge in [0.05, 0.1) is 12.5 Å². The summed E-state index contributed by atoms with van der Waals surface area (Å²) in [5.74, 6) is 0.0564. The van der Waals surface area contributed by atoms with Crippen molar-refractivity contribution in [3.8, 4) is 6.07 Å². The highest BCUT2D eigenvalue weighted by atomic mass is 35.5. The molecule has 3 nitrogen and oxygen atoms in total. The average molecular weight is 203 g/mol. The minimum atomic E-state index is -0.186. The van der Waals surface area contributed by atoms with Gasteiger partial charge in [0.15, 0.2) is 0 Å². The number of alkyl halides is 1. The van der Waals surface area contributed by atoms with E-state index in [1.807, 2.05) is 13.0 Å². The number of carbonyl (C=O) groups excluding carboxylic acids is 1. The van der Waals surface area contributed by atoms with Gasteiger partial charge >= 0.3 is 0 Å². The molecule has 4 heteroatoms. The third kappa shape index (κ3) is 4.74. The number of amides is 1. The summed E-state index contributed by atoms with van der Waals surface area (Å²) in [6.45, 7) is 3.70. The van der Waals surface area contributed by atoms with Crippen molar-refractivity contribution in [2.24, 2.45) is 5.92 Å². The number of nitrogens with one attached hydrogen (secondary N) is 1. The third-order valence-electron chi connectivity index (χ3n) is 1.86. The number of halogens is 1. The lowest BCUT2D eigenvalue weighted by molar-refractivity contribution is -0.124. The molecule has 13 heavy (non-hydrogen) atoms. The average Bonchev–Trinajstić information content (AvgIpc) is 2.15. The Labute approximate surface area is 84.1 Å². The Morgan fingerprint density at radius 2 is 2.31 bits per heavy atom. The summed E-state index contributed by atoms with van der Waals surface area (Å²) >= 11 is 5.52. The van der Waals surface area contributed by atoms with Crippen LogP contribution in [-0.2, 0) is 4.79 Å². The van der Waals surface area contributed by atoms with Crippen molar-refractivity contribution in [1.82, 2.24) is 5.32 Å². The lowest BCUT2D eigenvalue weighted by atomic mass is 10.1. The van der Waals surface area contributed by atoms with E-state index < -0.39 is 0 Å². The Kier molecular flexibility index (Phi) is 6.34. The molecule has 0 saturated carbocycles. The number of nitrogens with zero attached hydrogens (tertiary/aromatic N) is 1. The van der Waals surface area contributed by atoms with Crippen LogP contribution in [0.25, 0.3) is 0 Å². The van der Waals surface area contributed by atoms with E-state index in [9.17, 15) is 4.79 Å². The molecule has 1 amide bonds. The van der Waals surface area contributed by atoms with Gasteiger partial charge in [-0.05, 0) is 6.42 Å². The van der Waals surface area contributed by atoms with Crippen LogP contribution in [0, 0.1) is 17.2 Å². The maximum absolute atomic E-state index is 11.3. The van der Waals surface area contributed by atoms with Crippen molar-refractivity contribution < 1.29 is 4.79 Å². The Morgan fingerprint density at radius 3 is 2.69 bits per heavy atom. The van der Waals surface area contributed by atoms with Crippen LogP contribution in [0.4, 0.5) is 0 Å². The normalized spacial score (nSPS) is 14.3. The van der Waals surface area contributed by atoms with E-state index in [1.54, 1.807) is 6.92 Å². The van der Waals surface area contributed by atoms with E-state index in [4.69, 9.17) is 16.9 Å². The molecule has 0 heterocycles. The number of hydrogen-bond acceptors (Lipinski definition) is 2. The Bertz CT molecular complexity index is 200. The highest BCUT2D eigenvalue weighted by Crippen LogP contribution is 2.02. The first kappa shape index (κ1) is 12.2. The van der Waals surface area contributed by atoms with Crippen molar-refractivity contribution in [2.75, 3.05) is 5.88 Å². The number of rotatable bonds is 5. The summed E-state index contributed by atoms with van der Waals surface area (Å²) in [4.78, 5) is 11.3. The summed E-state index contributed by atoms with van der Waals surface area (Å²) in [5.41, 5.74) is 0. The van der Waals surface area contributed by atoms with Gasteiger partial charge in [-0.25, -0.2) is 0 Å². The largest absolute Gasteiger partial charge is 0.352 e. The fraction of sp³-hybridized carbons (Fsp3) is 0.778. The first-order chi connectivity index (χ1) is 6.15. The molecule has 2 atom stereocenters. The van der Waals surface area contributed by atoms with Gasteiger partial charge < -0.3 is 5.32 Å². The first-order valence-corrected chi connectivity index (χ1v) is 4.92. The molecule has 0 spiro atoms. The molecule has 0 aliphatic rings. The van der Waals surface area contributed by atoms with Crippen molar-refractivity contribution >= 4 is 17.5 Å². The zero-order chi connectivity index (χ0) is 10.3. The molecule has 2 unspecified atom stereocenters. The van der Waals surface area contributed by atoms with E-state index >= 15 is 0 Å². The molecule has 1 N–H and O–H groups in total. The second kappa shape index (κ2) is 6.73. The molecule has 0 fully saturated rings. The quantitative estimate of drug-likeness (QED) is 0.690. The highest BCUT2D eigenvalue weighted by molar-refractivity contribution is 6.19. The predicted molar refractivity (Wildman–Crippen MR) is 52.3 cm³/mol. The van der Waals surface area contributed by atoms with Gasteiger partial charge in [-0.3, -0.25) is 4.79 Å². The van der Waals surface area contributed by atoms with Gasteiger partial charge in [0.1, 0.15) is 0 Å². The van der Waals surface area contributed by atoms with Crippen LogP contribution in [0.5, 0.6) is 0 Å². The van der Waals surface area contributed by atoms with Crippen LogP contribution in [0.1, 0.15) is 26.7 Å². The topological polar surface area (TPSA) is 52.9 Å². The Morgan fingerprint density at radius 1 is 1.69 bits per heavy atom. The summed E-state index contributed by atoms with van der Waals surface area (Å²) in [5, 5.41) is 11.2. The van der Waals surface area contributed by atoms with E-state index in [0.29, 0.717) is 12.3 Å². The summed E-state index contributed by atoms with van der Waals surface area (Å²) in [7, 11) is 0. The predicted octanol–water partition coefficient (Wildman–Crippen LogP) is 1.67. The van der Waals surface area contributed by atoms with Crippen LogP contribution in [-0.4, -0.2) is 17.8 Å². The molecular formula is C9H15ClN2O. The van der Waals surface area contributed by atoms with Gasteiger partial charge in [-0.15, -0.1) is 11.6 Å². The Hall–Kier alpha value is -0.750. The van der Waals surface area contributed by atoms with E-state index in [1.165, 1.54) is 0 Å². The lowest BCUT2D eigenvalue weighted by Gasteiger charge is -2.15. The molecule has 0 aromatic rings. The standard InChI is InChI=1S/C9H15ClN2O/c1-3-8(4-5-11)12-9(13)7(2)6-10/h7-8H,3-4,6H2,1-2H3,(H,12,13). The second-order valence-electron chi connectivity index (χ2n) is 3.03. The molecule has 0 aromatic heterocycles. The Balaban J connectivity index is 3.94. The van der Waals surface area contributed by atoms with Gasteiger partial charge in [0, 0.05) is 17.8 Å². The highest BCUT2D eigenvalue weighted by Gasteiger charge is 2.15. The monoisotopic (exact) mass is 202 g/mol. The van der Waals surface area contributed by atoms with Crippen molar-refractivity contribution in [1.29, 1.82) is 5.26 Å². The molecule has 0 rings (SSSR count). The molecule has 0 aliphatic carbocycles. The molecule has 0 aliphatic heterocycles. The van der Waals surface area contributed by atoms with Gasteiger partial charge in [-0.2, -0.15) is 5.26 Å². The van der Waals surface area contributed by atoms with Gasteiger partial charge in [-0.1, -0.05) is 13.8 Å². The number of nitriles is 1. The lowest BCUT2D eigenvalue weighted by Crippen LogP contribution is -2.38. The van der Waals surface area contributed by atoms with Crippen molar-refractivity contribution in [2.45, 2.75) is 32.7 Å². The summed E-state index contributed by atoms with van der Waals surface area (Å²) in [6.07, 6.45) is 1.13. The minimum Gasteiger partial charge on any atom is -0.352 e. The summed E-state index contributed by atoms with van der Waals surface area (Å²) < 4.78 is 0. The maximum Gasteiger partial charge on any atom is 0.224 e. The molecule has 0 radical (unpaired) electrons. The number of carbonyl (C=O) groups is 1. The van der Waals surface area contributed by atoms with Gasteiger partial charge in [0.25, 0.3) is 0 Å². The van der Waals surface area contributed by atoms with Crippen LogP contribution in [0.3, 0.4) is 0 Å². The SMILES string of the molecule is CCC(CC#N)NC(=O)C(C)CCl. The third-order valence-corrected chi connectivity index (χ3v) is 2.32. The van der Waals surface area contributed by atoms with E-state index in [2.05, 4.69) is 5.32 Å².